The van der Waals surface area contributed by atoms with Gasteiger partial charge < -0.3 is 4.98 Å². The minimum atomic E-state index is -0.473. The Bertz CT molecular complexity index is 516. The summed E-state index contributed by atoms with van der Waals surface area (Å²) < 4.78 is 13.2. The minimum Gasteiger partial charge on any atom is -0.326 e. The first-order chi connectivity index (χ1) is 6.18. The van der Waals surface area contributed by atoms with Crippen LogP contribution in [0.2, 0.25) is 0 Å². The van der Waals surface area contributed by atoms with Crippen LogP contribution < -0.4 is 5.56 Å². The molecular formula is C10H8FNO. The summed E-state index contributed by atoms with van der Waals surface area (Å²) in [5.74, 6) is -0.473. The highest BCUT2D eigenvalue weighted by molar-refractivity contribution is 5.82. The second kappa shape index (κ2) is 2.69. The summed E-state index contributed by atoms with van der Waals surface area (Å²) in [4.78, 5) is 13.9. The fraction of sp³-hybridized carbons (Fsp3) is 0.100. The van der Waals surface area contributed by atoms with Gasteiger partial charge in [0.2, 0.25) is 0 Å². The van der Waals surface area contributed by atoms with Gasteiger partial charge in [0, 0.05) is 5.69 Å². The van der Waals surface area contributed by atoms with Gasteiger partial charge in [0.25, 0.3) is 5.56 Å². The van der Waals surface area contributed by atoms with Crippen LogP contribution in [0.4, 0.5) is 4.39 Å². The van der Waals surface area contributed by atoms with Crippen molar-refractivity contribution in [2.24, 2.45) is 0 Å². The fourth-order valence-corrected chi connectivity index (χ4v) is 1.41. The molecule has 2 rings (SSSR count). The number of pyridine rings is 1. The van der Waals surface area contributed by atoms with E-state index in [0.29, 0.717) is 5.39 Å². The third kappa shape index (κ3) is 1.22. The molecule has 0 saturated carbocycles. The molecule has 1 aromatic heterocycles. The number of aryl methyl sites for hydroxylation is 1. The molecule has 2 nitrogen and oxygen atoms in total. The summed E-state index contributed by atoms with van der Waals surface area (Å²) in [6.45, 7) is 1.77. The summed E-state index contributed by atoms with van der Waals surface area (Å²) in [7, 11) is 0. The van der Waals surface area contributed by atoms with Gasteiger partial charge in [-0.2, -0.15) is 0 Å². The van der Waals surface area contributed by atoms with Crippen LogP contribution in [0.1, 0.15) is 5.69 Å². The lowest BCUT2D eigenvalue weighted by atomic mass is 10.1. The lowest BCUT2D eigenvalue weighted by Gasteiger charge is -1.99. The molecule has 0 atom stereocenters. The maximum atomic E-state index is 13.2. The summed E-state index contributed by atoms with van der Waals surface area (Å²) >= 11 is 0. The largest absolute Gasteiger partial charge is 0.326 e. The lowest BCUT2D eigenvalue weighted by molar-refractivity contribution is 0.638. The number of aromatic nitrogens is 1. The Morgan fingerprint density at radius 1 is 1.38 bits per heavy atom. The maximum absolute atomic E-state index is 13.2. The first-order valence-electron chi connectivity index (χ1n) is 3.96. The number of hydrogen-bond acceptors (Lipinski definition) is 1. The molecule has 0 amide bonds. The molecule has 0 fully saturated rings. The van der Waals surface area contributed by atoms with Crippen molar-refractivity contribution in [2.45, 2.75) is 6.92 Å². The number of hydrogen-bond donors (Lipinski definition) is 1. The standard InChI is InChI=1S/C10H8FNO/c1-6-5-7-3-2-4-8(11)9(7)10(13)12-6/h2-5H,1H3,(H,12,13). The molecule has 66 valence electrons. The summed E-state index contributed by atoms with van der Waals surface area (Å²) in [6, 6.07) is 6.35. The second-order valence-corrected chi connectivity index (χ2v) is 2.99. The van der Waals surface area contributed by atoms with E-state index in [-0.39, 0.29) is 10.9 Å². The maximum Gasteiger partial charge on any atom is 0.258 e. The summed E-state index contributed by atoms with van der Waals surface area (Å²) in [5, 5.41) is 0.773. The molecule has 3 heteroatoms. The van der Waals surface area contributed by atoms with Gasteiger partial charge >= 0.3 is 0 Å². The van der Waals surface area contributed by atoms with Crippen molar-refractivity contribution in [3.63, 3.8) is 0 Å². The number of halogens is 1. The lowest BCUT2D eigenvalue weighted by Crippen LogP contribution is -2.08. The van der Waals surface area contributed by atoms with Crippen LogP contribution in [0.3, 0.4) is 0 Å². The molecule has 0 bridgehead atoms. The molecule has 1 N–H and O–H groups in total. The second-order valence-electron chi connectivity index (χ2n) is 2.99. The highest BCUT2D eigenvalue weighted by Gasteiger charge is 2.04. The molecule has 2 aromatic rings. The Kier molecular flexibility index (Phi) is 1.65. The van der Waals surface area contributed by atoms with Crippen LogP contribution in [0.15, 0.2) is 29.1 Å². The quantitative estimate of drug-likeness (QED) is 0.655. The zero-order valence-corrected chi connectivity index (χ0v) is 7.10. The van der Waals surface area contributed by atoms with Gasteiger partial charge in [-0.25, -0.2) is 4.39 Å². The molecule has 0 aliphatic carbocycles. The third-order valence-corrected chi connectivity index (χ3v) is 1.96. The van der Waals surface area contributed by atoms with Crippen LogP contribution in [0, 0.1) is 12.7 Å². The molecule has 0 radical (unpaired) electrons. The Morgan fingerprint density at radius 3 is 2.92 bits per heavy atom. The Morgan fingerprint density at radius 2 is 2.15 bits per heavy atom. The van der Waals surface area contributed by atoms with Gasteiger partial charge in [0.05, 0.1) is 5.39 Å². The van der Waals surface area contributed by atoms with E-state index in [1.54, 1.807) is 25.1 Å². The average molecular weight is 177 g/mol. The van der Waals surface area contributed by atoms with Gasteiger partial charge in [-0.1, -0.05) is 12.1 Å². The Balaban J connectivity index is 3.03. The minimum absolute atomic E-state index is 0.133. The van der Waals surface area contributed by atoms with Crippen LogP contribution >= 0.6 is 0 Å². The molecule has 0 aliphatic heterocycles. The molecule has 0 unspecified atom stereocenters. The number of H-pyrrole nitrogens is 1. The molecular weight excluding hydrogens is 169 g/mol. The van der Waals surface area contributed by atoms with E-state index in [4.69, 9.17) is 0 Å². The van der Waals surface area contributed by atoms with E-state index < -0.39 is 5.82 Å². The third-order valence-electron chi connectivity index (χ3n) is 1.96. The average Bonchev–Trinajstić information content (AvgIpc) is 2.02. The molecule has 0 aliphatic rings. The van der Waals surface area contributed by atoms with Gasteiger partial charge in [-0.3, -0.25) is 4.79 Å². The molecule has 1 aromatic carbocycles. The number of fused-ring (bicyclic) bond motifs is 1. The van der Waals surface area contributed by atoms with Crippen molar-refractivity contribution in [2.75, 3.05) is 0 Å². The van der Waals surface area contributed by atoms with Gasteiger partial charge in [0.1, 0.15) is 5.82 Å². The monoisotopic (exact) mass is 177 g/mol. The van der Waals surface area contributed by atoms with Crippen molar-refractivity contribution in [3.05, 3.63) is 46.1 Å². The topological polar surface area (TPSA) is 32.9 Å². The number of benzene rings is 1. The van der Waals surface area contributed by atoms with Crippen LogP contribution in [0.5, 0.6) is 0 Å². The SMILES string of the molecule is Cc1cc2cccc(F)c2c(=O)[nH]1. The van der Waals surface area contributed by atoms with E-state index in [1.165, 1.54) is 6.07 Å². The van der Waals surface area contributed by atoms with Crippen molar-refractivity contribution < 1.29 is 4.39 Å². The van der Waals surface area contributed by atoms with Crippen molar-refractivity contribution in [3.8, 4) is 0 Å². The predicted molar refractivity (Wildman–Crippen MR) is 49.3 cm³/mol. The Hall–Kier alpha value is -1.64. The summed E-state index contributed by atoms with van der Waals surface area (Å²) in [5.41, 5.74) is 0.371. The molecule has 1 heterocycles. The van der Waals surface area contributed by atoms with Crippen LogP contribution in [-0.4, -0.2) is 4.98 Å². The zero-order valence-electron chi connectivity index (χ0n) is 7.10. The number of rotatable bonds is 0. The summed E-state index contributed by atoms with van der Waals surface area (Å²) in [6.07, 6.45) is 0. The Labute approximate surface area is 74.0 Å². The van der Waals surface area contributed by atoms with E-state index in [0.717, 1.165) is 5.69 Å². The number of aromatic amines is 1. The fourth-order valence-electron chi connectivity index (χ4n) is 1.41. The van der Waals surface area contributed by atoms with Crippen LogP contribution in [0.25, 0.3) is 10.8 Å². The van der Waals surface area contributed by atoms with Crippen LogP contribution in [-0.2, 0) is 0 Å². The molecule has 0 spiro atoms. The van der Waals surface area contributed by atoms with Gasteiger partial charge in [0.15, 0.2) is 0 Å². The smallest absolute Gasteiger partial charge is 0.258 e. The van der Waals surface area contributed by atoms with Gasteiger partial charge in [-0.15, -0.1) is 0 Å². The van der Waals surface area contributed by atoms with Crippen molar-refractivity contribution in [1.29, 1.82) is 0 Å². The highest BCUT2D eigenvalue weighted by atomic mass is 19.1. The molecule has 0 saturated heterocycles. The molecule has 13 heavy (non-hydrogen) atoms. The van der Waals surface area contributed by atoms with E-state index in [1.807, 2.05) is 0 Å². The normalized spacial score (nSPS) is 10.6. The first kappa shape index (κ1) is 7.98. The van der Waals surface area contributed by atoms with Crippen molar-refractivity contribution >= 4 is 10.8 Å². The first-order valence-corrected chi connectivity index (χ1v) is 3.96. The van der Waals surface area contributed by atoms with E-state index in [9.17, 15) is 9.18 Å². The highest BCUT2D eigenvalue weighted by Crippen LogP contribution is 2.13. The van der Waals surface area contributed by atoms with E-state index in [2.05, 4.69) is 4.98 Å². The van der Waals surface area contributed by atoms with Crippen molar-refractivity contribution in [1.82, 2.24) is 4.98 Å². The predicted octanol–water partition coefficient (Wildman–Crippen LogP) is 1.98. The van der Waals surface area contributed by atoms with Gasteiger partial charge in [-0.05, 0) is 24.4 Å². The zero-order chi connectivity index (χ0) is 9.42. The number of nitrogens with one attached hydrogen (secondary N) is 1. The van der Waals surface area contributed by atoms with E-state index >= 15 is 0 Å².